The number of halogens is 1. The first-order valence-electron chi connectivity index (χ1n) is 5.10. The van der Waals surface area contributed by atoms with Gasteiger partial charge in [-0.25, -0.2) is 0 Å². The minimum Gasteiger partial charge on any atom is -0.387 e. The molecule has 80 valence electrons. The van der Waals surface area contributed by atoms with Gasteiger partial charge in [0.25, 0.3) is 0 Å². The lowest BCUT2D eigenvalue weighted by molar-refractivity contribution is 0.154. The Morgan fingerprint density at radius 3 is 2.79 bits per heavy atom. The normalized spacial score (nSPS) is 13.1. The monoisotopic (exact) mass is 260 g/mol. The molecule has 0 aromatic carbocycles. The maximum absolute atomic E-state index is 9.91. The summed E-state index contributed by atoms with van der Waals surface area (Å²) < 4.78 is 2.79. The molecule has 1 atom stereocenters. The van der Waals surface area contributed by atoms with Crippen molar-refractivity contribution in [3.05, 3.63) is 16.4 Å². The Balaban J connectivity index is 2.86. The largest absolute Gasteiger partial charge is 0.387 e. The molecule has 0 fully saturated rings. The highest BCUT2D eigenvalue weighted by Crippen LogP contribution is 2.26. The fraction of sp³-hybridized carbons (Fsp3) is 0.700. The van der Waals surface area contributed by atoms with Gasteiger partial charge < -0.3 is 5.11 Å². The predicted molar refractivity (Wildman–Crippen MR) is 60.1 cm³/mol. The molecule has 0 saturated carbocycles. The molecule has 1 rings (SSSR count). The van der Waals surface area contributed by atoms with Gasteiger partial charge in [0, 0.05) is 6.54 Å². The summed E-state index contributed by atoms with van der Waals surface area (Å²) in [4.78, 5) is 0. The first kappa shape index (κ1) is 11.7. The molecule has 0 aliphatic carbocycles. The summed E-state index contributed by atoms with van der Waals surface area (Å²) >= 11 is 3.41. The zero-order valence-corrected chi connectivity index (χ0v) is 10.3. The highest BCUT2D eigenvalue weighted by Gasteiger charge is 2.16. The van der Waals surface area contributed by atoms with Crippen LogP contribution in [0.5, 0.6) is 0 Å². The number of aromatic nitrogens is 2. The van der Waals surface area contributed by atoms with E-state index in [0.717, 1.165) is 36.0 Å². The van der Waals surface area contributed by atoms with Crippen molar-refractivity contribution in [2.75, 3.05) is 0 Å². The lowest BCUT2D eigenvalue weighted by Crippen LogP contribution is -2.09. The minimum absolute atomic E-state index is 0.400. The topological polar surface area (TPSA) is 38.1 Å². The summed E-state index contributed by atoms with van der Waals surface area (Å²) in [5.74, 6) is 0. The van der Waals surface area contributed by atoms with Crippen molar-refractivity contribution in [2.24, 2.45) is 0 Å². The van der Waals surface area contributed by atoms with Crippen LogP contribution >= 0.6 is 15.9 Å². The van der Waals surface area contributed by atoms with E-state index in [2.05, 4.69) is 34.9 Å². The smallest absolute Gasteiger partial charge is 0.0968 e. The molecule has 0 bridgehead atoms. The average molecular weight is 261 g/mol. The Morgan fingerprint density at radius 1 is 1.50 bits per heavy atom. The van der Waals surface area contributed by atoms with Crippen molar-refractivity contribution in [3.63, 3.8) is 0 Å². The summed E-state index contributed by atoms with van der Waals surface area (Å²) in [7, 11) is 0. The highest BCUT2D eigenvalue weighted by molar-refractivity contribution is 9.10. The molecule has 0 spiro atoms. The SMILES string of the molecule is CCCC(O)c1c(Br)cnn1CCC. The van der Waals surface area contributed by atoms with Gasteiger partial charge in [-0.2, -0.15) is 5.10 Å². The third kappa shape index (κ3) is 2.58. The molecule has 14 heavy (non-hydrogen) atoms. The van der Waals surface area contributed by atoms with Gasteiger partial charge in [-0.15, -0.1) is 0 Å². The van der Waals surface area contributed by atoms with E-state index in [4.69, 9.17) is 0 Å². The van der Waals surface area contributed by atoms with Gasteiger partial charge >= 0.3 is 0 Å². The van der Waals surface area contributed by atoms with Crippen molar-refractivity contribution >= 4 is 15.9 Å². The maximum Gasteiger partial charge on any atom is 0.0968 e. The van der Waals surface area contributed by atoms with E-state index in [1.165, 1.54) is 0 Å². The molecule has 0 saturated heterocycles. The summed E-state index contributed by atoms with van der Waals surface area (Å²) in [6, 6.07) is 0. The zero-order chi connectivity index (χ0) is 10.6. The molecule has 0 aliphatic rings. The van der Waals surface area contributed by atoms with Crippen molar-refractivity contribution < 1.29 is 5.11 Å². The van der Waals surface area contributed by atoms with Crippen LogP contribution in [-0.4, -0.2) is 14.9 Å². The Morgan fingerprint density at radius 2 is 2.21 bits per heavy atom. The maximum atomic E-state index is 9.91. The molecular weight excluding hydrogens is 244 g/mol. The van der Waals surface area contributed by atoms with E-state index in [1.54, 1.807) is 6.20 Å². The molecule has 1 unspecified atom stereocenters. The standard InChI is InChI=1S/C10H17BrN2O/c1-3-5-9(14)10-8(11)7-12-13(10)6-4-2/h7,9,14H,3-6H2,1-2H3. The first-order valence-corrected chi connectivity index (χ1v) is 5.89. The second kappa shape index (κ2) is 5.51. The molecule has 1 heterocycles. The number of hydrogen-bond acceptors (Lipinski definition) is 2. The van der Waals surface area contributed by atoms with Crippen LogP contribution in [0.15, 0.2) is 10.7 Å². The fourth-order valence-electron chi connectivity index (χ4n) is 1.50. The Bertz CT molecular complexity index is 286. The van der Waals surface area contributed by atoms with E-state index < -0.39 is 6.10 Å². The summed E-state index contributed by atoms with van der Waals surface area (Å²) in [5, 5.41) is 14.1. The van der Waals surface area contributed by atoms with Crippen LogP contribution in [0.4, 0.5) is 0 Å². The number of rotatable bonds is 5. The Labute approximate surface area is 93.3 Å². The quantitative estimate of drug-likeness (QED) is 0.885. The van der Waals surface area contributed by atoms with E-state index >= 15 is 0 Å². The van der Waals surface area contributed by atoms with Crippen molar-refractivity contribution in [3.8, 4) is 0 Å². The molecule has 1 aromatic rings. The fourth-order valence-corrected chi connectivity index (χ4v) is 2.06. The van der Waals surface area contributed by atoms with Gasteiger partial charge in [-0.3, -0.25) is 4.68 Å². The summed E-state index contributed by atoms with van der Waals surface area (Å²) in [5.41, 5.74) is 0.911. The third-order valence-corrected chi connectivity index (χ3v) is 2.76. The molecule has 0 aliphatic heterocycles. The van der Waals surface area contributed by atoms with Gasteiger partial charge in [0.2, 0.25) is 0 Å². The number of nitrogens with zero attached hydrogens (tertiary/aromatic N) is 2. The third-order valence-electron chi connectivity index (χ3n) is 2.15. The van der Waals surface area contributed by atoms with Gasteiger partial charge in [0.1, 0.15) is 0 Å². The minimum atomic E-state index is -0.400. The molecule has 1 aromatic heterocycles. The lowest BCUT2D eigenvalue weighted by Gasteiger charge is -2.12. The Hall–Kier alpha value is -0.350. The molecular formula is C10H17BrN2O. The van der Waals surface area contributed by atoms with Gasteiger partial charge in [0.15, 0.2) is 0 Å². The van der Waals surface area contributed by atoms with E-state index in [-0.39, 0.29) is 0 Å². The second-order valence-electron chi connectivity index (χ2n) is 3.41. The van der Waals surface area contributed by atoms with Crippen LogP contribution in [0, 0.1) is 0 Å². The second-order valence-corrected chi connectivity index (χ2v) is 4.26. The van der Waals surface area contributed by atoms with Crippen molar-refractivity contribution in [1.29, 1.82) is 0 Å². The van der Waals surface area contributed by atoms with Crippen LogP contribution in [0.3, 0.4) is 0 Å². The summed E-state index contributed by atoms with van der Waals surface area (Å²) in [6.07, 6.45) is 4.14. The lowest BCUT2D eigenvalue weighted by atomic mass is 10.1. The van der Waals surface area contributed by atoms with Crippen LogP contribution < -0.4 is 0 Å². The number of aliphatic hydroxyl groups is 1. The molecule has 3 nitrogen and oxygen atoms in total. The van der Waals surface area contributed by atoms with E-state index in [0.29, 0.717) is 0 Å². The van der Waals surface area contributed by atoms with Crippen LogP contribution in [0.1, 0.15) is 44.9 Å². The van der Waals surface area contributed by atoms with E-state index in [9.17, 15) is 5.11 Å². The number of hydrogen-bond donors (Lipinski definition) is 1. The van der Waals surface area contributed by atoms with Gasteiger partial charge in [0.05, 0.1) is 22.5 Å². The van der Waals surface area contributed by atoms with Crippen LogP contribution in [-0.2, 0) is 6.54 Å². The number of aryl methyl sites for hydroxylation is 1. The Kier molecular flexibility index (Phi) is 4.62. The molecule has 1 N–H and O–H groups in total. The van der Waals surface area contributed by atoms with Crippen LogP contribution in [0.2, 0.25) is 0 Å². The predicted octanol–water partition coefficient (Wildman–Crippen LogP) is 2.89. The van der Waals surface area contributed by atoms with Crippen LogP contribution in [0.25, 0.3) is 0 Å². The van der Waals surface area contributed by atoms with Crippen molar-refractivity contribution in [1.82, 2.24) is 9.78 Å². The van der Waals surface area contributed by atoms with E-state index in [1.807, 2.05) is 4.68 Å². The highest BCUT2D eigenvalue weighted by atomic mass is 79.9. The average Bonchev–Trinajstić information content (AvgIpc) is 2.48. The summed E-state index contributed by atoms with van der Waals surface area (Å²) in [6.45, 7) is 5.03. The first-order chi connectivity index (χ1) is 6.70. The van der Waals surface area contributed by atoms with Crippen molar-refractivity contribution in [2.45, 2.75) is 45.8 Å². The number of aliphatic hydroxyl groups excluding tert-OH is 1. The van der Waals surface area contributed by atoms with Gasteiger partial charge in [-0.05, 0) is 28.8 Å². The molecule has 0 amide bonds. The molecule has 4 heteroatoms. The zero-order valence-electron chi connectivity index (χ0n) is 8.70. The molecule has 0 radical (unpaired) electrons. The van der Waals surface area contributed by atoms with Gasteiger partial charge in [-0.1, -0.05) is 20.3 Å².